The van der Waals surface area contributed by atoms with Gasteiger partial charge in [0.1, 0.15) is 5.54 Å². The van der Waals surface area contributed by atoms with Gasteiger partial charge in [-0.1, -0.05) is 18.2 Å². The van der Waals surface area contributed by atoms with E-state index in [4.69, 9.17) is 0 Å². The summed E-state index contributed by atoms with van der Waals surface area (Å²) in [4.78, 5) is 45.9. The van der Waals surface area contributed by atoms with Crippen LogP contribution in [0.1, 0.15) is 38.3 Å². The molecule has 2 aliphatic heterocycles. The van der Waals surface area contributed by atoms with Crippen molar-refractivity contribution in [2.24, 2.45) is 5.92 Å². The Morgan fingerprint density at radius 2 is 2.00 bits per heavy atom. The standard InChI is InChI=1S/C26H31N5O3/c1-17-16-30(23(32)10-11-26(20-8-9-20)24(33)28-25(34)29-26)13-14-31(17)21-6-3-5-19(15-21)22-7-4-12-27-18(22)2/h3-7,12,15,17,20H,8-11,13-14,16H2,1-2H3,(H2,28,29,33,34)/t17-,26?/m0/s1. The summed E-state index contributed by atoms with van der Waals surface area (Å²) in [5.41, 5.74) is 3.48. The highest BCUT2D eigenvalue weighted by atomic mass is 16.2. The van der Waals surface area contributed by atoms with Crippen LogP contribution in [0.15, 0.2) is 42.6 Å². The molecule has 8 heteroatoms. The number of anilines is 1. The maximum absolute atomic E-state index is 13.0. The number of carbonyl (C=O) groups is 3. The fraction of sp³-hybridized carbons (Fsp3) is 0.462. The van der Waals surface area contributed by atoms with Crippen LogP contribution in [-0.2, 0) is 9.59 Å². The van der Waals surface area contributed by atoms with Crippen LogP contribution in [0.4, 0.5) is 10.5 Å². The monoisotopic (exact) mass is 461 g/mol. The highest BCUT2D eigenvalue weighted by Crippen LogP contribution is 2.43. The van der Waals surface area contributed by atoms with Crippen LogP contribution in [-0.4, -0.2) is 58.9 Å². The lowest BCUT2D eigenvalue weighted by Gasteiger charge is -2.41. The first-order chi connectivity index (χ1) is 16.4. The van der Waals surface area contributed by atoms with Crippen LogP contribution >= 0.6 is 0 Å². The predicted molar refractivity (Wildman–Crippen MR) is 129 cm³/mol. The average molecular weight is 462 g/mol. The number of urea groups is 1. The molecule has 3 aliphatic rings. The molecule has 178 valence electrons. The Balaban J connectivity index is 1.23. The fourth-order valence-electron chi connectivity index (χ4n) is 5.42. The van der Waals surface area contributed by atoms with Gasteiger partial charge in [-0.2, -0.15) is 0 Å². The van der Waals surface area contributed by atoms with E-state index in [1.807, 2.05) is 17.9 Å². The number of aromatic nitrogens is 1. The average Bonchev–Trinajstić information content (AvgIpc) is 3.63. The summed E-state index contributed by atoms with van der Waals surface area (Å²) in [6.45, 7) is 6.16. The van der Waals surface area contributed by atoms with Gasteiger partial charge in [0.2, 0.25) is 5.91 Å². The molecule has 1 aliphatic carbocycles. The van der Waals surface area contributed by atoms with E-state index in [1.165, 1.54) is 0 Å². The topological polar surface area (TPSA) is 94.6 Å². The van der Waals surface area contributed by atoms with Crippen molar-refractivity contribution in [3.8, 4) is 11.1 Å². The predicted octanol–water partition coefficient (Wildman–Crippen LogP) is 2.86. The molecule has 8 nitrogen and oxygen atoms in total. The number of imide groups is 1. The number of rotatable bonds is 6. The fourth-order valence-corrected chi connectivity index (χ4v) is 5.42. The first kappa shape index (κ1) is 22.4. The van der Waals surface area contributed by atoms with Gasteiger partial charge >= 0.3 is 6.03 Å². The maximum Gasteiger partial charge on any atom is 0.322 e. The van der Waals surface area contributed by atoms with Crippen molar-refractivity contribution in [2.75, 3.05) is 24.5 Å². The third-order valence-electron chi connectivity index (χ3n) is 7.45. The summed E-state index contributed by atoms with van der Waals surface area (Å²) >= 11 is 0. The lowest BCUT2D eigenvalue weighted by atomic mass is 9.87. The van der Waals surface area contributed by atoms with Crippen LogP contribution in [0.3, 0.4) is 0 Å². The van der Waals surface area contributed by atoms with Gasteiger partial charge in [0.25, 0.3) is 5.91 Å². The smallest absolute Gasteiger partial charge is 0.322 e. The molecule has 1 unspecified atom stereocenters. The van der Waals surface area contributed by atoms with E-state index in [9.17, 15) is 14.4 Å². The Hall–Kier alpha value is -3.42. The molecule has 0 spiro atoms. The third kappa shape index (κ3) is 4.13. The highest BCUT2D eigenvalue weighted by Gasteiger charge is 2.55. The van der Waals surface area contributed by atoms with E-state index < -0.39 is 11.6 Å². The first-order valence-corrected chi connectivity index (χ1v) is 12.1. The lowest BCUT2D eigenvalue weighted by Crippen LogP contribution is -2.54. The Morgan fingerprint density at radius 1 is 1.18 bits per heavy atom. The number of piperazine rings is 1. The second-order valence-electron chi connectivity index (χ2n) is 9.72. The van der Waals surface area contributed by atoms with Crippen LogP contribution < -0.4 is 15.5 Å². The zero-order chi connectivity index (χ0) is 23.9. The van der Waals surface area contributed by atoms with Gasteiger partial charge in [0, 0.05) is 55.2 Å². The summed E-state index contributed by atoms with van der Waals surface area (Å²) in [5, 5.41) is 5.17. The number of pyridine rings is 1. The molecule has 0 bridgehead atoms. The molecule has 4 amide bonds. The number of hydrogen-bond donors (Lipinski definition) is 2. The maximum atomic E-state index is 13.0. The first-order valence-electron chi connectivity index (χ1n) is 12.1. The Bertz CT molecular complexity index is 1130. The molecule has 2 atom stereocenters. The molecule has 1 saturated carbocycles. The number of nitrogens with zero attached hydrogens (tertiary/aromatic N) is 3. The van der Waals surface area contributed by atoms with Gasteiger partial charge in [-0.05, 0) is 62.8 Å². The van der Waals surface area contributed by atoms with Crippen molar-refractivity contribution < 1.29 is 14.4 Å². The lowest BCUT2D eigenvalue weighted by molar-refractivity contribution is -0.133. The molecular weight excluding hydrogens is 430 g/mol. The molecule has 1 aromatic heterocycles. The molecule has 3 fully saturated rings. The van der Waals surface area contributed by atoms with Crippen molar-refractivity contribution in [3.63, 3.8) is 0 Å². The van der Waals surface area contributed by atoms with E-state index >= 15 is 0 Å². The summed E-state index contributed by atoms with van der Waals surface area (Å²) in [7, 11) is 0. The van der Waals surface area contributed by atoms with Gasteiger partial charge in [0.05, 0.1) is 0 Å². The minimum absolute atomic E-state index is 0.0419. The molecule has 2 saturated heterocycles. The summed E-state index contributed by atoms with van der Waals surface area (Å²) in [6.07, 6.45) is 4.24. The Labute approximate surface area is 199 Å². The highest BCUT2D eigenvalue weighted by molar-refractivity contribution is 6.07. The van der Waals surface area contributed by atoms with Crippen LogP contribution in [0.25, 0.3) is 11.1 Å². The van der Waals surface area contributed by atoms with Crippen LogP contribution in [0, 0.1) is 12.8 Å². The number of aryl methyl sites for hydroxylation is 1. The largest absolute Gasteiger partial charge is 0.365 e. The van der Waals surface area contributed by atoms with E-state index in [-0.39, 0.29) is 30.2 Å². The molecule has 2 aromatic rings. The van der Waals surface area contributed by atoms with Crippen molar-refractivity contribution >= 4 is 23.5 Å². The third-order valence-corrected chi connectivity index (χ3v) is 7.45. The molecule has 5 rings (SSSR count). The molecular formula is C26H31N5O3. The summed E-state index contributed by atoms with van der Waals surface area (Å²) in [6, 6.07) is 12.2. The quantitative estimate of drug-likeness (QED) is 0.645. The molecule has 0 radical (unpaired) electrons. The molecule has 2 N–H and O–H groups in total. The number of amides is 4. The van der Waals surface area contributed by atoms with Crippen molar-refractivity contribution in [1.29, 1.82) is 0 Å². The van der Waals surface area contributed by atoms with Gasteiger partial charge in [-0.25, -0.2) is 4.79 Å². The minimum atomic E-state index is -0.912. The van der Waals surface area contributed by atoms with Crippen LogP contribution in [0.2, 0.25) is 0 Å². The van der Waals surface area contributed by atoms with Gasteiger partial charge in [-0.3, -0.25) is 19.9 Å². The number of nitrogens with one attached hydrogen (secondary N) is 2. The molecule has 1 aromatic carbocycles. The van der Waals surface area contributed by atoms with Crippen LogP contribution in [0.5, 0.6) is 0 Å². The second kappa shape index (κ2) is 8.74. The number of hydrogen-bond acceptors (Lipinski definition) is 5. The number of carbonyl (C=O) groups excluding carboxylic acids is 3. The zero-order valence-electron chi connectivity index (χ0n) is 19.7. The van der Waals surface area contributed by atoms with Crippen molar-refractivity contribution in [2.45, 2.75) is 51.1 Å². The second-order valence-corrected chi connectivity index (χ2v) is 9.72. The van der Waals surface area contributed by atoms with Crippen molar-refractivity contribution in [1.82, 2.24) is 20.5 Å². The van der Waals surface area contributed by atoms with E-state index in [1.54, 1.807) is 6.20 Å². The molecule has 3 heterocycles. The minimum Gasteiger partial charge on any atom is -0.365 e. The van der Waals surface area contributed by atoms with Crippen molar-refractivity contribution in [3.05, 3.63) is 48.3 Å². The summed E-state index contributed by atoms with van der Waals surface area (Å²) in [5.74, 6) is -0.104. The molecule has 34 heavy (non-hydrogen) atoms. The zero-order valence-corrected chi connectivity index (χ0v) is 19.7. The van der Waals surface area contributed by atoms with Gasteiger partial charge in [-0.15, -0.1) is 0 Å². The summed E-state index contributed by atoms with van der Waals surface area (Å²) < 4.78 is 0. The normalized spacial score (nSPS) is 24.7. The van der Waals surface area contributed by atoms with Gasteiger partial charge < -0.3 is 15.1 Å². The van der Waals surface area contributed by atoms with E-state index in [2.05, 4.69) is 57.8 Å². The van der Waals surface area contributed by atoms with E-state index in [0.29, 0.717) is 19.5 Å². The van der Waals surface area contributed by atoms with Gasteiger partial charge in [0.15, 0.2) is 0 Å². The Kier molecular flexibility index (Phi) is 5.75. The SMILES string of the molecule is Cc1ncccc1-c1cccc(N2CCN(C(=O)CCC3(C4CC4)NC(=O)NC3=O)C[C@@H]2C)c1. The van der Waals surface area contributed by atoms with E-state index in [0.717, 1.165) is 41.9 Å². The Morgan fingerprint density at radius 3 is 2.68 bits per heavy atom. The number of benzene rings is 1.